The Labute approximate surface area is 111 Å². The molecule has 96 valence electrons. The van der Waals surface area contributed by atoms with Gasteiger partial charge in [0.1, 0.15) is 0 Å². The highest BCUT2D eigenvalue weighted by Crippen LogP contribution is 2.25. The van der Waals surface area contributed by atoms with Crippen molar-refractivity contribution in [2.75, 3.05) is 18.9 Å². The van der Waals surface area contributed by atoms with Crippen molar-refractivity contribution in [1.82, 2.24) is 9.55 Å². The molecule has 2 heterocycles. The zero-order valence-corrected chi connectivity index (χ0v) is 10.9. The highest BCUT2D eigenvalue weighted by molar-refractivity contribution is 6.31. The van der Waals surface area contributed by atoms with Gasteiger partial charge in [-0.25, -0.2) is 4.98 Å². The molecule has 4 nitrogen and oxygen atoms in total. The van der Waals surface area contributed by atoms with E-state index in [2.05, 4.69) is 4.98 Å². The van der Waals surface area contributed by atoms with Crippen molar-refractivity contribution in [3.05, 3.63) is 23.2 Å². The summed E-state index contributed by atoms with van der Waals surface area (Å²) in [5.74, 6) is 1.07. The number of halogens is 1. The highest BCUT2D eigenvalue weighted by Gasteiger charge is 2.17. The van der Waals surface area contributed by atoms with Gasteiger partial charge in [0.15, 0.2) is 0 Å². The molecule has 18 heavy (non-hydrogen) atoms. The molecule has 1 aromatic carbocycles. The number of fused-ring (bicyclic) bond motifs is 1. The molecule has 1 fully saturated rings. The molecule has 1 aliphatic heterocycles. The minimum atomic E-state index is 0.512. The molecule has 2 aromatic rings. The lowest BCUT2D eigenvalue weighted by Gasteiger charge is -2.23. The maximum absolute atomic E-state index is 6.04. The van der Waals surface area contributed by atoms with Crippen LogP contribution in [0, 0.1) is 5.92 Å². The molecule has 3 rings (SSSR count). The van der Waals surface area contributed by atoms with Gasteiger partial charge in [-0.05, 0) is 31.0 Å². The van der Waals surface area contributed by atoms with E-state index in [-0.39, 0.29) is 0 Å². The number of rotatable bonds is 2. The molecule has 0 bridgehead atoms. The third-order valence-electron chi connectivity index (χ3n) is 3.44. The second-order valence-corrected chi connectivity index (χ2v) is 5.23. The molecule has 0 saturated carbocycles. The van der Waals surface area contributed by atoms with Gasteiger partial charge in [-0.1, -0.05) is 11.6 Å². The van der Waals surface area contributed by atoms with Crippen LogP contribution >= 0.6 is 11.6 Å². The molecule has 0 spiro atoms. The molecule has 1 atom stereocenters. The number of anilines is 1. The van der Waals surface area contributed by atoms with E-state index in [1.54, 1.807) is 0 Å². The van der Waals surface area contributed by atoms with E-state index in [1.807, 2.05) is 22.8 Å². The lowest BCUT2D eigenvalue weighted by molar-refractivity contribution is 0.0490. The Morgan fingerprint density at radius 2 is 2.39 bits per heavy atom. The first-order valence-corrected chi connectivity index (χ1v) is 6.61. The van der Waals surface area contributed by atoms with Crippen molar-refractivity contribution >= 4 is 28.6 Å². The summed E-state index contributed by atoms with van der Waals surface area (Å²) in [5, 5.41) is 0.712. The van der Waals surface area contributed by atoms with E-state index in [0.717, 1.165) is 37.2 Å². The molecule has 1 unspecified atom stereocenters. The lowest BCUT2D eigenvalue weighted by atomic mass is 10.0. The summed E-state index contributed by atoms with van der Waals surface area (Å²) in [5.41, 5.74) is 7.89. The van der Waals surface area contributed by atoms with Gasteiger partial charge in [0.2, 0.25) is 5.95 Å². The quantitative estimate of drug-likeness (QED) is 0.908. The fourth-order valence-electron chi connectivity index (χ4n) is 2.52. The van der Waals surface area contributed by atoms with E-state index >= 15 is 0 Å². The Morgan fingerprint density at radius 3 is 3.17 bits per heavy atom. The van der Waals surface area contributed by atoms with E-state index < -0.39 is 0 Å². The predicted molar refractivity (Wildman–Crippen MR) is 72.7 cm³/mol. The fourth-order valence-corrected chi connectivity index (χ4v) is 2.68. The van der Waals surface area contributed by atoms with Crippen LogP contribution in [0.1, 0.15) is 12.8 Å². The first-order valence-electron chi connectivity index (χ1n) is 6.23. The second kappa shape index (κ2) is 4.78. The minimum absolute atomic E-state index is 0.512. The van der Waals surface area contributed by atoms with Crippen molar-refractivity contribution in [3.8, 4) is 0 Å². The van der Waals surface area contributed by atoms with Crippen LogP contribution in [0.4, 0.5) is 5.95 Å². The molecular formula is C13H16ClN3O. The Morgan fingerprint density at radius 1 is 1.50 bits per heavy atom. The summed E-state index contributed by atoms with van der Waals surface area (Å²) in [4.78, 5) is 4.36. The molecule has 5 heteroatoms. The van der Waals surface area contributed by atoms with Crippen LogP contribution in [0.5, 0.6) is 0 Å². The summed E-state index contributed by atoms with van der Waals surface area (Å²) in [7, 11) is 0. The zero-order chi connectivity index (χ0) is 12.5. The largest absolute Gasteiger partial charge is 0.381 e. The first-order chi connectivity index (χ1) is 8.74. The molecular weight excluding hydrogens is 250 g/mol. The zero-order valence-electron chi connectivity index (χ0n) is 10.1. The van der Waals surface area contributed by atoms with Crippen LogP contribution in [0.15, 0.2) is 18.2 Å². The molecule has 0 aliphatic carbocycles. The van der Waals surface area contributed by atoms with Gasteiger partial charge >= 0.3 is 0 Å². The van der Waals surface area contributed by atoms with Crippen LogP contribution in [0.3, 0.4) is 0 Å². The van der Waals surface area contributed by atoms with Crippen molar-refractivity contribution < 1.29 is 4.74 Å². The number of hydrogen-bond acceptors (Lipinski definition) is 3. The molecule has 0 radical (unpaired) electrons. The summed E-state index contributed by atoms with van der Waals surface area (Å²) < 4.78 is 7.55. The maximum Gasteiger partial charge on any atom is 0.201 e. The predicted octanol–water partition coefficient (Wildman–Crippen LogP) is 2.70. The number of hydrogen-bond donors (Lipinski definition) is 1. The molecule has 0 amide bonds. The van der Waals surface area contributed by atoms with Crippen LogP contribution in [-0.2, 0) is 11.3 Å². The van der Waals surface area contributed by atoms with E-state index in [9.17, 15) is 0 Å². The van der Waals surface area contributed by atoms with E-state index in [4.69, 9.17) is 22.1 Å². The van der Waals surface area contributed by atoms with Gasteiger partial charge in [0.25, 0.3) is 0 Å². The molecule has 1 aliphatic rings. The summed E-state index contributed by atoms with van der Waals surface area (Å²) in [6.45, 7) is 2.53. The third kappa shape index (κ3) is 2.18. The van der Waals surface area contributed by atoms with Gasteiger partial charge in [0, 0.05) is 24.1 Å². The number of imidazole rings is 1. The van der Waals surface area contributed by atoms with Crippen molar-refractivity contribution in [3.63, 3.8) is 0 Å². The van der Waals surface area contributed by atoms with Crippen LogP contribution in [0.2, 0.25) is 5.02 Å². The van der Waals surface area contributed by atoms with E-state index in [1.165, 1.54) is 6.42 Å². The lowest BCUT2D eigenvalue weighted by Crippen LogP contribution is -2.22. The van der Waals surface area contributed by atoms with Gasteiger partial charge in [-0.3, -0.25) is 0 Å². The van der Waals surface area contributed by atoms with E-state index in [0.29, 0.717) is 16.9 Å². The standard InChI is InChI=1S/C13H16ClN3O/c14-10-3-4-11-12(6-10)17(13(15)16-11)7-9-2-1-5-18-8-9/h3-4,6,9H,1-2,5,7-8H2,(H2,15,16). The van der Waals surface area contributed by atoms with Gasteiger partial charge in [-0.2, -0.15) is 0 Å². The average molecular weight is 266 g/mol. The Bertz CT molecular complexity index is 561. The summed E-state index contributed by atoms with van der Waals surface area (Å²) >= 11 is 6.04. The van der Waals surface area contributed by atoms with Crippen molar-refractivity contribution in [1.29, 1.82) is 0 Å². The number of ether oxygens (including phenoxy) is 1. The summed E-state index contributed by atoms with van der Waals surface area (Å²) in [6, 6.07) is 5.66. The number of nitrogen functional groups attached to an aromatic ring is 1. The number of nitrogens with zero attached hydrogens (tertiary/aromatic N) is 2. The fraction of sp³-hybridized carbons (Fsp3) is 0.462. The third-order valence-corrected chi connectivity index (χ3v) is 3.67. The summed E-state index contributed by atoms with van der Waals surface area (Å²) in [6.07, 6.45) is 2.30. The highest BCUT2D eigenvalue weighted by atomic mass is 35.5. The molecule has 1 saturated heterocycles. The topological polar surface area (TPSA) is 53.1 Å². The van der Waals surface area contributed by atoms with Crippen molar-refractivity contribution in [2.45, 2.75) is 19.4 Å². The van der Waals surface area contributed by atoms with Crippen LogP contribution < -0.4 is 5.73 Å². The van der Waals surface area contributed by atoms with Gasteiger partial charge in [0.05, 0.1) is 17.6 Å². The van der Waals surface area contributed by atoms with Crippen LogP contribution in [-0.4, -0.2) is 22.8 Å². The number of nitrogens with two attached hydrogens (primary N) is 1. The smallest absolute Gasteiger partial charge is 0.201 e. The van der Waals surface area contributed by atoms with Gasteiger partial charge in [-0.15, -0.1) is 0 Å². The molecule has 1 aromatic heterocycles. The van der Waals surface area contributed by atoms with Crippen LogP contribution in [0.25, 0.3) is 11.0 Å². The number of aromatic nitrogens is 2. The first kappa shape index (κ1) is 11.8. The second-order valence-electron chi connectivity index (χ2n) is 4.80. The normalized spacial score (nSPS) is 20.4. The van der Waals surface area contributed by atoms with Gasteiger partial charge < -0.3 is 15.0 Å². The Balaban J connectivity index is 1.94. The minimum Gasteiger partial charge on any atom is -0.381 e. The molecule has 2 N–H and O–H groups in total. The Hall–Kier alpha value is -1.26. The monoisotopic (exact) mass is 265 g/mol. The SMILES string of the molecule is Nc1nc2ccc(Cl)cc2n1CC1CCCOC1. The average Bonchev–Trinajstić information content (AvgIpc) is 2.67. The Kier molecular flexibility index (Phi) is 3.14. The van der Waals surface area contributed by atoms with Crippen molar-refractivity contribution in [2.24, 2.45) is 5.92 Å². The number of benzene rings is 1. The maximum atomic E-state index is 6.04.